The van der Waals surface area contributed by atoms with Crippen molar-refractivity contribution >= 4 is 40.7 Å². The van der Waals surface area contributed by atoms with Crippen molar-refractivity contribution in [2.75, 3.05) is 14.2 Å². The molecule has 0 bridgehead atoms. The van der Waals surface area contributed by atoms with Crippen LogP contribution in [0.3, 0.4) is 0 Å². The van der Waals surface area contributed by atoms with Gasteiger partial charge in [0.15, 0.2) is 6.17 Å². The molecule has 0 aliphatic carbocycles. The van der Waals surface area contributed by atoms with Gasteiger partial charge in [0.25, 0.3) is 9.69 Å². The monoisotopic (exact) mass is 308 g/mol. The highest BCUT2D eigenvalue weighted by Crippen LogP contribution is 2.38. The van der Waals surface area contributed by atoms with Gasteiger partial charge in [0.1, 0.15) is 5.75 Å². The summed E-state index contributed by atoms with van der Waals surface area (Å²) in [4.78, 5) is 9.59. The molecular formula is C11H11Cl3N2O2. The van der Waals surface area contributed by atoms with E-state index in [1.807, 2.05) is 24.3 Å². The van der Waals surface area contributed by atoms with Crippen LogP contribution >= 0.6 is 34.8 Å². The second kappa shape index (κ2) is 5.13. The minimum atomic E-state index is -1.68. The Kier molecular flexibility index (Phi) is 3.92. The zero-order valence-corrected chi connectivity index (χ0v) is 12.0. The van der Waals surface area contributed by atoms with Gasteiger partial charge in [-0.05, 0) is 6.07 Å². The lowest BCUT2D eigenvalue weighted by molar-refractivity contribution is -0.0596. The van der Waals surface area contributed by atoms with Gasteiger partial charge in [-0.15, -0.1) is 5.06 Å². The number of benzene rings is 1. The first-order valence-corrected chi connectivity index (χ1v) is 6.25. The number of alkyl halides is 3. The summed E-state index contributed by atoms with van der Waals surface area (Å²) in [7, 11) is 3.30. The van der Waals surface area contributed by atoms with Gasteiger partial charge >= 0.3 is 0 Å². The Morgan fingerprint density at radius 3 is 2.56 bits per heavy atom. The molecule has 98 valence electrons. The number of hydrogen-bond acceptors (Lipinski definition) is 4. The van der Waals surface area contributed by atoms with Crippen molar-refractivity contribution in [1.82, 2.24) is 5.06 Å². The molecular weight excluding hydrogens is 298 g/mol. The number of hydrogen-bond donors (Lipinski definition) is 0. The predicted octanol–water partition coefficient (Wildman–Crippen LogP) is 3.34. The highest BCUT2D eigenvalue weighted by atomic mass is 35.6. The second-order valence-corrected chi connectivity index (χ2v) is 5.97. The van der Waals surface area contributed by atoms with Crippen molar-refractivity contribution in [3.8, 4) is 5.75 Å². The number of methoxy groups -OCH3 is 1. The van der Waals surface area contributed by atoms with Crippen molar-refractivity contribution in [3.05, 3.63) is 29.8 Å². The molecule has 18 heavy (non-hydrogen) atoms. The fourth-order valence-electron chi connectivity index (χ4n) is 1.67. The molecule has 7 heteroatoms. The smallest absolute Gasteiger partial charge is 0.268 e. The third kappa shape index (κ3) is 2.67. The Morgan fingerprint density at radius 1 is 1.33 bits per heavy atom. The van der Waals surface area contributed by atoms with Crippen LogP contribution in [0.4, 0.5) is 0 Å². The molecule has 1 unspecified atom stereocenters. The van der Waals surface area contributed by atoms with E-state index >= 15 is 0 Å². The molecule has 1 atom stereocenters. The van der Waals surface area contributed by atoms with E-state index in [9.17, 15) is 0 Å². The maximum absolute atomic E-state index is 5.75. The molecule has 2 rings (SSSR count). The molecule has 0 spiro atoms. The number of ether oxygens (including phenoxy) is 1. The first kappa shape index (κ1) is 13.7. The van der Waals surface area contributed by atoms with Gasteiger partial charge in [0.05, 0.1) is 7.11 Å². The van der Waals surface area contributed by atoms with Gasteiger partial charge in [-0.1, -0.05) is 53.0 Å². The van der Waals surface area contributed by atoms with Crippen molar-refractivity contribution in [2.24, 2.45) is 4.99 Å². The lowest BCUT2D eigenvalue weighted by Gasteiger charge is -2.18. The molecule has 0 saturated heterocycles. The van der Waals surface area contributed by atoms with Gasteiger partial charge in [0, 0.05) is 12.6 Å². The predicted molar refractivity (Wildman–Crippen MR) is 72.3 cm³/mol. The Hall–Kier alpha value is -0.680. The number of aliphatic imine (C=N–C) groups is 1. The number of para-hydroxylation sites is 1. The third-order valence-corrected chi connectivity index (χ3v) is 2.96. The fraction of sp³-hybridized carbons (Fsp3) is 0.364. The average Bonchev–Trinajstić information content (AvgIpc) is 2.71. The summed E-state index contributed by atoms with van der Waals surface area (Å²) in [6, 6.07) is 7.48. The van der Waals surface area contributed by atoms with Gasteiger partial charge in [-0.3, -0.25) is 0 Å². The molecule has 0 N–H and O–H groups in total. The Bertz CT molecular complexity index is 474. The minimum Gasteiger partial charge on any atom is -0.496 e. The van der Waals surface area contributed by atoms with Gasteiger partial charge in [0.2, 0.25) is 0 Å². The zero-order chi connectivity index (χ0) is 13.3. The van der Waals surface area contributed by atoms with Crippen molar-refractivity contribution in [2.45, 2.75) is 9.96 Å². The van der Waals surface area contributed by atoms with E-state index in [-0.39, 0.29) is 5.90 Å². The highest BCUT2D eigenvalue weighted by Gasteiger charge is 2.39. The molecule has 1 heterocycles. The summed E-state index contributed by atoms with van der Waals surface area (Å²) in [6.45, 7) is 0. The molecule has 0 amide bonds. The summed E-state index contributed by atoms with van der Waals surface area (Å²) in [5.74, 6) is 0.748. The Balaban J connectivity index is 2.36. The van der Waals surface area contributed by atoms with Crippen LogP contribution in [0.25, 0.3) is 0 Å². The normalized spacial score (nSPS) is 20.5. The second-order valence-electron chi connectivity index (χ2n) is 3.69. The summed E-state index contributed by atoms with van der Waals surface area (Å²) in [6.07, 6.45) is -0.397. The van der Waals surface area contributed by atoms with Crippen LogP contribution in [0.1, 0.15) is 11.7 Å². The van der Waals surface area contributed by atoms with Gasteiger partial charge < -0.3 is 9.57 Å². The minimum absolute atomic E-state index is 0.0471. The first-order chi connectivity index (χ1) is 8.43. The number of nitrogens with zero attached hydrogens (tertiary/aromatic N) is 2. The summed E-state index contributed by atoms with van der Waals surface area (Å²) < 4.78 is 3.60. The van der Waals surface area contributed by atoms with Crippen LogP contribution in [-0.4, -0.2) is 28.9 Å². The molecule has 0 radical (unpaired) electrons. The molecule has 1 aromatic rings. The van der Waals surface area contributed by atoms with Crippen LogP contribution in [-0.2, 0) is 4.84 Å². The topological polar surface area (TPSA) is 34.1 Å². The molecule has 0 fully saturated rings. The van der Waals surface area contributed by atoms with E-state index < -0.39 is 9.96 Å². The number of halogens is 3. The van der Waals surface area contributed by atoms with Crippen molar-refractivity contribution in [3.63, 3.8) is 0 Å². The quantitative estimate of drug-likeness (QED) is 0.786. The van der Waals surface area contributed by atoms with E-state index in [1.165, 1.54) is 5.06 Å². The molecule has 4 nitrogen and oxygen atoms in total. The summed E-state index contributed by atoms with van der Waals surface area (Å²) in [5.41, 5.74) is 0.840. The van der Waals surface area contributed by atoms with E-state index in [2.05, 4.69) is 4.99 Å². The van der Waals surface area contributed by atoms with E-state index in [4.69, 9.17) is 44.4 Å². The van der Waals surface area contributed by atoms with Crippen molar-refractivity contribution < 1.29 is 9.57 Å². The molecule has 1 aliphatic rings. The number of hydroxylamine groups is 2. The lowest BCUT2D eigenvalue weighted by Crippen LogP contribution is -2.24. The van der Waals surface area contributed by atoms with Crippen molar-refractivity contribution in [1.29, 1.82) is 0 Å². The maximum atomic E-state index is 5.75. The highest BCUT2D eigenvalue weighted by molar-refractivity contribution is 6.76. The van der Waals surface area contributed by atoms with E-state index in [0.29, 0.717) is 5.75 Å². The van der Waals surface area contributed by atoms with Crippen LogP contribution in [0.5, 0.6) is 5.75 Å². The lowest BCUT2D eigenvalue weighted by atomic mass is 10.1. The number of rotatable bonds is 2. The fourth-order valence-corrected chi connectivity index (χ4v) is 1.92. The largest absolute Gasteiger partial charge is 0.496 e. The molecule has 1 aromatic carbocycles. The average molecular weight is 310 g/mol. The van der Waals surface area contributed by atoms with E-state index in [1.54, 1.807) is 14.2 Å². The standard InChI is InChI=1S/C11H11Cl3N2O2/c1-16-9(15-10(18-16)11(12,13)14)7-5-3-4-6-8(7)17-2/h3-6,9H,1-2H3. The molecule has 0 aromatic heterocycles. The van der Waals surface area contributed by atoms with Crippen LogP contribution in [0.2, 0.25) is 0 Å². The van der Waals surface area contributed by atoms with Crippen LogP contribution in [0.15, 0.2) is 29.3 Å². The van der Waals surface area contributed by atoms with Gasteiger partial charge in [-0.25, -0.2) is 4.99 Å². The summed E-state index contributed by atoms with van der Waals surface area (Å²) >= 11 is 17.2. The van der Waals surface area contributed by atoms with Gasteiger partial charge in [-0.2, -0.15) is 0 Å². The SMILES string of the molecule is COc1ccccc1C1N=C(C(Cl)(Cl)Cl)ON1C. The third-order valence-electron chi connectivity index (χ3n) is 2.47. The maximum Gasteiger partial charge on any atom is 0.268 e. The van der Waals surface area contributed by atoms with Crippen LogP contribution < -0.4 is 4.74 Å². The molecule has 1 aliphatic heterocycles. The Labute approximate surface area is 120 Å². The molecule has 0 saturated carbocycles. The first-order valence-electron chi connectivity index (χ1n) is 5.12. The van der Waals surface area contributed by atoms with E-state index in [0.717, 1.165) is 5.56 Å². The zero-order valence-electron chi connectivity index (χ0n) is 9.73. The summed E-state index contributed by atoms with van der Waals surface area (Å²) in [5, 5.41) is 1.51. The van der Waals surface area contributed by atoms with Crippen LogP contribution in [0, 0.1) is 0 Å². The Morgan fingerprint density at radius 2 is 2.00 bits per heavy atom.